The van der Waals surface area contributed by atoms with Gasteiger partial charge in [-0.25, -0.2) is 4.79 Å². The lowest BCUT2D eigenvalue weighted by molar-refractivity contribution is -0.137. The van der Waals surface area contributed by atoms with E-state index >= 15 is 0 Å². The summed E-state index contributed by atoms with van der Waals surface area (Å²) in [5.41, 5.74) is 2.68. The monoisotopic (exact) mass is 491 g/mol. The van der Waals surface area contributed by atoms with Crippen LogP contribution in [0.2, 0.25) is 0 Å². The number of hydrogen-bond acceptors (Lipinski definition) is 4. The van der Waals surface area contributed by atoms with Crippen molar-refractivity contribution in [3.8, 4) is 0 Å². The molecular weight excluding hydrogens is 458 g/mol. The van der Waals surface area contributed by atoms with Crippen LogP contribution in [0.25, 0.3) is 0 Å². The van der Waals surface area contributed by atoms with Gasteiger partial charge in [0.15, 0.2) is 0 Å². The molecule has 3 aromatic rings. The van der Waals surface area contributed by atoms with E-state index in [0.717, 1.165) is 16.7 Å². The molecule has 6 heteroatoms. The number of aliphatic carboxylic acids is 1. The van der Waals surface area contributed by atoms with E-state index in [-0.39, 0.29) is 12.5 Å². The molecule has 0 saturated heterocycles. The van der Waals surface area contributed by atoms with E-state index in [2.05, 4.69) is 41.7 Å². The second-order valence-electron chi connectivity index (χ2n) is 9.37. The Morgan fingerprint density at radius 1 is 0.829 bits per heavy atom. The van der Waals surface area contributed by atoms with Crippen molar-refractivity contribution in [3.05, 3.63) is 108 Å². The van der Waals surface area contributed by atoms with Crippen molar-refractivity contribution in [2.24, 2.45) is 0 Å². The number of carboxylic acids is 1. The van der Waals surface area contributed by atoms with E-state index < -0.39 is 22.4 Å². The van der Waals surface area contributed by atoms with Crippen molar-refractivity contribution < 1.29 is 19.4 Å². The van der Waals surface area contributed by atoms with Crippen LogP contribution in [0.4, 0.5) is 4.79 Å². The minimum atomic E-state index is -0.897. The maximum Gasteiger partial charge on any atom is 0.407 e. The molecule has 35 heavy (non-hydrogen) atoms. The van der Waals surface area contributed by atoms with Gasteiger partial charge in [-0.1, -0.05) is 91.0 Å². The number of nitrogens with one attached hydrogen (secondary N) is 1. The summed E-state index contributed by atoms with van der Waals surface area (Å²) in [5, 5.41) is 12.2. The summed E-state index contributed by atoms with van der Waals surface area (Å²) in [7, 11) is 0. The van der Waals surface area contributed by atoms with E-state index in [1.165, 1.54) is 0 Å². The van der Waals surface area contributed by atoms with Gasteiger partial charge in [0.2, 0.25) is 0 Å². The van der Waals surface area contributed by atoms with Crippen molar-refractivity contribution in [3.63, 3.8) is 0 Å². The van der Waals surface area contributed by atoms with Crippen molar-refractivity contribution in [1.82, 2.24) is 5.32 Å². The van der Waals surface area contributed by atoms with Crippen LogP contribution in [0.1, 0.15) is 50.3 Å². The number of benzene rings is 3. The lowest BCUT2D eigenvalue weighted by atomic mass is 9.84. The van der Waals surface area contributed by atoms with Gasteiger partial charge in [-0.15, -0.1) is 11.8 Å². The maximum atomic E-state index is 12.6. The predicted molar refractivity (Wildman–Crippen MR) is 142 cm³/mol. The topological polar surface area (TPSA) is 75.6 Å². The summed E-state index contributed by atoms with van der Waals surface area (Å²) in [6, 6.07) is 30.4. The molecular formula is C29H33NO4S. The van der Waals surface area contributed by atoms with Gasteiger partial charge in [0, 0.05) is 18.2 Å². The highest BCUT2D eigenvalue weighted by Gasteiger charge is 2.37. The van der Waals surface area contributed by atoms with Gasteiger partial charge in [-0.2, -0.15) is 0 Å². The highest BCUT2D eigenvalue weighted by Crippen LogP contribution is 2.48. The molecule has 3 aromatic carbocycles. The van der Waals surface area contributed by atoms with Crippen molar-refractivity contribution in [2.75, 3.05) is 5.75 Å². The number of thioether (sulfide) groups is 1. The van der Waals surface area contributed by atoms with Gasteiger partial charge in [-0.05, 0) is 43.9 Å². The Kier molecular flexibility index (Phi) is 8.99. The van der Waals surface area contributed by atoms with Gasteiger partial charge in [0.05, 0.1) is 4.75 Å². The number of amides is 1. The molecule has 2 N–H and O–H groups in total. The van der Waals surface area contributed by atoms with Crippen LogP contribution >= 0.6 is 11.8 Å². The lowest BCUT2D eigenvalue weighted by Crippen LogP contribution is -2.41. The Labute approximate surface area is 211 Å². The molecule has 0 aliphatic heterocycles. The Hall–Kier alpha value is -3.25. The minimum Gasteiger partial charge on any atom is -0.481 e. The quantitative estimate of drug-likeness (QED) is 0.318. The van der Waals surface area contributed by atoms with Gasteiger partial charge < -0.3 is 15.2 Å². The average molecular weight is 492 g/mol. The zero-order valence-corrected chi connectivity index (χ0v) is 21.3. The van der Waals surface area contributed by atoms with Gasteiger partial charge in [0.1, 0.15) is 5.60 Å². The Morgan fingerprint density at radius 3 is 1.63 bits per heavy atom. The Balaban J connectivity index is 2.01. The fourth-order valence-corrected chi connectivity index (χ4v) is 5.57. The molecule has 0 fully saturated rings. The van der Waals surface area contributed by atoms with E-state index in [1.54, 1.807) is 32.5 Å². The van der Waals surface area contributed by atoms with E-state index in [9.17, 15) is 14.7 Å². The fourth-order valence-electron chi connectivity index (χ4n) is 3.96. The van der Waals surface area contributed by atoms with Gasteiger partial charge in [0.25, 0.3) is 0 Å². The fraction of sp³-hybridized carbons (Fsp3) is 0.310. The smallest absolute Gasteiger partial charge is 0.407 e. The first-order valence-electron chi connectivity index (χ1n) is 11.7. The van der Waals surface area contributed by atoms with E-state index in [4.69, 9.17) is 4.74 Å². The minimum absolute atomic E-state index is 0.0456. The predicted octanol–water partition coefficient (Wildman–Crippen LogP) is 6.47. The molecule has 0 unspecified atom stereocenters. The molecule has 0 spiro atoms. The summed E-state index contributed by atoms with van der Waals surface area (Å²) >= 11 is 1.68. The standard InChI is InChI=1S/C29H33NO4S/c1-28(2,3)34-27(33)30-25(19-20-26(31)32)21-35-29(22-13-7-4-8-14-22,23-15-9-5-10-16-23)24-17-11-6-12-18-24/h4-18,25H,19-21H2,1-3H3,(H,30,33)(H,31,32)/t25-/m0/s1. The summed E-state index contributed by atoms with van der Waals surface area (Å²) in [4.78, 5) is 23.9. The maximum absolute atomic E-state index is 12.6. The summed E-state index contributed by atoms with van der Waals surface area (Å²) in [6.07, 6.45) is -0.287. The first kappa shape index (κ1) is 26.4. The highest BCUT2D eigenvalue weighted by molar-refractivity contribution is 8.00. The largest absolute Gasteiger partial charge is 0.481 e. The highest BCUT2D eigenvalue weighted by atomic mass is 32.2. The molecule has 0 heterocycles. The molecule has 0 aliphatic rings. The van der Waals surface area contributed by atoms with Crippen LogP contribution in [-0.4, -0.2) is 34.6 Å². The first-order valence-corrected chi connectivity index (χ1v) is 12.7. The van der Waals surface area contributed by atoms with Crippen LogP contribution in [0.3, 0.4) is 0 Å². The second-order valence-corrected chi connectivity index (χ2v) is 10.6. The number of carbonyl (C=O) groups excluding carboxylic acids is 1. The Morgan fingerprint density at radius 2 is 1.26 bits per heavy atom. The van der Waals surface area contributed by atoms with Crippen LogP contribution in [-0.2, 0) is 14.3 Å². The third-order valence-electron chi connectivity index (χ3n) is 5.47. The number of alkyl carbamates (subject to hydrolysis) is 1. The van der Waals surface area contributed by atoms with E-state index in [1.807, 2.05) is 54.6 Å². The van der Waals surface area contributed by atoms with Crippen LogP contribution in [0.5, 0.6) is 0 Å². The number of carboxylic acid groups (broad SMARTS) is 1. The van der Waals surface area contributed by atoms with Crippen LogP contribution in [0.15, 0.2) is 91.0 Å². The number of hydrogen-bond donors (Lipinski definition) is 2. The molecule has 0 aromatic heterocycles. The first-order chi connectivity index (χ1) is 16.7. The summed E-state index contributed by atoms with van der Waals surface area (Å²) < 4.78 is 4.90. The van der Waals surface area contributed by atoms with E-state index in [0.29, 0.717) is 12.2 Å². The van der Waals surface area contributed by atoms with Crippen molar-refractivity contribution in [1.29, 1.82) is 0 Å². The molecule has 184 valence electrons. The number of carbonyl (C=O) groups is 2. The Bertz CT molecular complexity index is 985. The molecule has 3 rings (SSSR count). The molecule has 0 aliphatic carbocycles. The molecule has 1 amide bonds. The van der Waals surface area contributed by atoms with Crippen molar-refractivity contribution in [2.45, 2.75) is 50.0 Å². The normalized spacial score (nSPS) is 12.5. The van der Waals surface area contributed by atoms with Crippen LogP contribution < -0.4 is 5.32 Å². The van der Waals surface area contributed by atoms with Gasteiger partial charge >= 0.3 is 12.1 Å². The molecule has 5 nitrogen and oxygen atoms in total. The zero-order chi connectivity index (χ0) is 25.3. The SMILES string of the molecule is CC(C)(C)OC(=O)N[C@@H](CCC(=O)O)CSC(c1ccccc1)(c1ccccc1)c1ccccc1. The summed E-state index contributed by atoms with van der Waals surface area (Å²) in [6.45, 7) is 5.41. The molecule has 0 saturated carbocycles. The molecule has 0 radical (unpaired) electrons. The zero-order valence-electron chi connectivity index (χ0n) is 20.4. The number of ether oxygens (including phenoxy) is 1. The third-order valence-corrected chi connectivity index (χ3v) is 7.18. The van der Waals surface area contributed by atoms with Gasteiger partial charge in [-0.3, -0.25) is 4.79 Å². The third kappa shape index (κ3) is 7.36. The van der Waals surface area contributed by atoms with Crippen LogP contribution in [0, 0.1) is 0 Å². The number of rotatable bonds is 10. The van der Waals surface area contributed by atoms with Crippen molar-refractivity contribution >= 4 is 23.8 Å². The lowest BCUT2D eigenvalue weighted by Gasteiger charge is -2.36. The summed E-state index contributed by atoms with van der Waals surface area (Å²) in [5.74, 6) is -0.406. The average Bonchev–Trinajstić information content (AvgIpc) is 2.83. The molecule has 1 atom stereocenters. The molecule has 0 bridgehead atoms. The second kappa shape index (κ2) is 11.9.